The standard InChI is InChI=1S/C27H26N2O7/c1-34-19-8-6-17(7-9-19)26(32)36-22-10-4-16(14-23(22)35-2)12-20-24(30)28-27(33)29(25(20)31)21-13-15-3-5-18(21)11-15/h4,6-10,12,14-15,18,21H,3,5,11,13H2,1-2H3,(H,28,30,33)/b20-12+/t15-,18-,21-/m0/s1. The fourth-order valence-corrected chi connectivity index (χ4v) is 5.41. The highest BCUT2D eigenvalue weighted by Gasteiger charge is 2.49. The van der Waals surface area contributed by atoms with E-state index in [1.54, 1.807) is 36.4 Å². The van der Waals surface area contributed by atoms with Gasteiger partial charge in [-0.25, -0.2) is 9.59 Å². The van der Waals surface area contributed by atoms with Gasteiger partial charge in [0.15, 0.2) is 11.5 Å². The summed E-state index contributed by atoms with van der Waals surface area (Å²) in [5.41, 5.74) is 0.693. The van der Waals surface area contributed by atoms with Crippen molar-refractivity contribution < 1.29 is 33.4 Å². The third-order valence-electron chi connectivity index (χ3n) is 7.19. The lowest BCUT2D eigenvalue weighted by Gasteiger charge is -2.35. The zero-order valence-corrected chi connectivity index (χ0v) is 20.0. The number of rotatable bonds is 6. The van der Waals surface area contributed by atoms with E-state index in [4.69, 9.17) is 14.2 Å². The van der Waals surface area contributed by atoms with Gasteiger partial charge in [-0.2, -0.15) is 0 Å². The minimum Gasteiger partial charge on any atom is -0.497 e. The third kappa shape index (κ3) is 4.32. The average molecular weight is 491 g/mol. The molecule has 36 heavy (non-hydrogen) atoms. The molecule has 0 spiro atoms. The molecule has 1 heterocycles. The van der Waals surface area contributed by atoms with E-state index < -0.39 is 23.8 Å². The highest BCUT2D eigenvalue weighted by Crippen LogP contribution is 2.47. The summed E-state index contributed by atoms with van der Waals surface area (Å²) in [6.07, 6.45) is 5.34. The predicted molar refractivity (Wildman–Crippen MR) is 129 cm³/mol. The summed E-state index contributed by atoms with van der Waals surface area (Å²) in [7, 11) is 2.96. The van der Waals surface area contributed by atoms with Gasteiger partial charge in [0, 0.05) is 6.04 Å². The first-order valence-corrected chi connectivity index (χ1v) is 11.8. The molecule has 2 saturated carbocycles. The van der Waals surface area contributed by atoms with E-state index in [1.807, 2.05) is 0 Å². The van der Waals surface area contributed by atoms with Crippen LogP contribution in [0.4, 0.5) is 4.79 Å². The summed E-state index contributed by atoms with van der Waals surface area (Å²) in [5.74, 6) is -0.0438. The molecule has 1 saturated heterocycles. The van der Waals surface area contributed by atoms with E-state index in [0.29, 0.717) is 28.7 Å². The minimum atomic E-state index is -0.738. The maximum Gasteiger partial charge on any atom is 0.343 e. The molecule has 2 bridgehead atoms. The maximum absolute atomic E-state index is 13.2. The van der Waals surface area contributed by atoms with Crippen molar-refractivity contribution in [2.75, 3.05) is 14.2 Å². The summed E-state index contributed by atoms with van der Waals surface area (Å²) in [5, 5.41) is 2.31. The van der Waals surface area contributed by atoms with Gasteiger partial charge in [-0.1, -0.05) is 12.5 Å². The Labute approximate surface area is 208 Å². The number of benzene rings is 2. The quantitative estimate of drug-likeness (QED) is 0.285. The molecule has 0 unspecified atom stereocenters. The Hall–Kier alpha value is -4.14. The fraction of sp³-hybridized carbons (Fsp3) is 0.333. The van der Waals surface area contributed by atoms with E-state index in [1.165, 1.54) is 31.3 Å². The van der Waals surface area contributed by atoms with Gasteiger partial charge in [0.05, 0.1) is 19.8 Å². The average Bonchev–Trinajstić information content (AvgIpc) is 3.51. The number of amides is 4. The van der Waals surface area contributed by atoms with Crippen molar-refractivity contribution in [1.29, 1.82) is 0 Å². The summed E-state index contributed by atoms with van der Waals surface area (Å²) in [4.78, 5) is 52.1. The number of imide groups is 2. The van der Waals surface area contributed by atoms with Crippen LogP contribution in [0.1, 0.15) is 41.6 Å². The number of carbonyl (C=O) groups excluding carboxylic acids is 4. The summed E-state index contributed by atoms with van der Waals surface area (Å²) < 4.78 is 16.0. The lowest BCUT2D eigenvalue weighted by Crippen LogP contribution is -2.58. The zero-order valence-electron chi connectivity index (χ0n) is 20.0. The van der Waals surface area contributed by atoms with Crippen molar-refractivity contribution in [3.05, 3.63) is 59.2 Å². The smallest absolute Gasteiger partial charge is 0.343 e. The number of esters is 1. The highest BCUT2D eigenvalue weighted by atomic mass is 16.6. The van der Waals surface area contributed by atoms with E-state index >= 15 is 0 Å². The number of methoxy groups -OCH3 is 2. The third-order valence-corrected chi connectivity index (χ3v) is 7.19. The van der Waals surface area contributed by atoms with Crippen LogP contribution in [0.15, 0.2) is 48.0 Å². The molecule has 9 heteroatoms. The van der Waals surface area contributed by atoms with Gasteiger partial charge in [0.1, 0.15) is 11.3 Å². The first kappa shape index (κ1) is 23.6. The largest absolute Gasteiger partial charge is 0.497 e. The van der Waals surface area contributed by atoms with Crippen LogP contribution in [0.3, 0.4) is 0 Å². The van der Waals surface area contributed by atoms with Crippen molar-refractivity contribution in [1.82, 2.24) is 10.2 Å². The Morgan fingerprint density at radius 2 is 1.75 bits per heavy atom. The number of nitrogens with zero attached hydrogens (tertiary/aromatic N) is 1. The molecule has 3 atom stereocenters. The van der Waals surface area contributed by atoms with Crippen LogP contribution in [0.2, 0.25) is 0 Å². The molecular weight excluding hydrogens is 464 g/mol. The second-order valence-corrected chi connectivity index (χ2v) is 9.26. The first-order chi connectivity index (χ1) is 17.4. The van der Waals surface area contributed by atoms with Crippen LogP contribution in [0.5, 0.6) is 17.2 Å². The van der Waals surface area contributed by atoms with Gasteiger partial charge in [0.2, 0.25) is 0 Å². The molecule has 0 aromatic heterocycles. The number of hydrogen-bond donors (Lipinski definition) is 1. The van der Waals surface area contributed by atoms with E-state index in [-0.39, 0.29) is 23.1 Å². The number of fused-ring (bicyclic) bond motifs is 2. The summed E-state index contributed by atoms with van der Waals surface area (Å²) >= 11 is 0. The Morgan fingerprint density at radius 1 is 0.972 bits per heavy atom. The molecule has 0 radical (unpaired) electrons. The Balaban J connectivity index is 1.37. The van der Waals surface area contributed by atoms with Gasteiger partial charge in [-0.05, 0) is 79.1 Å². The van der Waals surface area contributed by atoms with Crippen molar-refractivity contribution >= 4 is 29.9 Å². The summed E-state index contributed by atoms with van der Waals surface area (Å²) in [6.45, 7) is 0. The molecular formula is C27H26N2O7. The van der Waals surface area contributed by atoms with Crippen molar-refractivity contribution in [3.8, 4) is 17.2 Å². The van der Waals surface area contributed by atoms with Crippen LogP contribution < -0.4 is 19.5 Å². The molecule has 1 N–H and O–H groups in total. The second kappa shape index (κ2) is 9.49. The van der Waals surface area contributed by atoms with E-state index in [0.717, 1.165) is 25.7 Å². The Bertz CT molecular complexity index is 1270. The van der Waals surface area contributed by atoms with Crippen LogP contribution in [0, 0.1) is 11.8 Å². The number of nitrogens with one attached hydrogen (secondary N) is 1. The van der Waals surface area contributed by atoms with Crippen molar-refractivity contribution in [3.63, 3.8) is 0 Å². The fourth-order valence-electron chi connectivity index (χ4n) is 5.41. The number of barbiturate groups is 1. The molecule has 2 aliphatic carbocycles. The van der Waals surface area contributed by atoms with Crippen molar-refractivity contribution in [2.24, 2.45) is 11.8 Å². The topological polar surface area (TPSA) is 111 Å². The molecule has 3 fully saturated rings. The number of urea groups is 1. The van der Waals surface area contributed by atoms with Crippen molar-refractivity contribution in [2.45, 2.75) is 31.7 Å². The summed E-state index contributed by atoms with van der Waals surface area (Å²) in [6, 6.07) is 10.3. The van der Waals surface area contributed by atoms with Crippen LogP contribution in [0.25, 0.3) is 6.08 Å². The monoisotopic (exact) mass is 490 g/mol. The van der Waals surface area contributed by atoms with E-state index in [9.17, 15) is 19.2 Å². The molecule has 3 aliphatic rings. The lowest BCUT2D eigenvalue weighted by molar-refractivity contribution is -0.132. The van der Waals surface area contributed by atoms with Gasteiger partial charge in [0.25, 0.3) is 11.8 Å². The lowest BCUT2D eigenvalue weighted by atomic mass is 9.93. The molecule has 1 aliphatic heterocycles. The number of carbonyl (C=O) groups is 4. The zero-order chi connectivity index (χ0) is 25.4. The van der Waals surface area contributed by atoms with Gasteiger partial charge in [-0.3, -0.25) is 19.8 Å². The second-order valence-electron chi connectivity index (χ2n) is 9.26. The van der Waals surface area contributed by atoms with Crippen LogP contribution in [-0.2, 0) is 9.59 Å². The molecule has 4 amide bonds. The van der Waals surface area contributed by atoms with Crippen LogP contribution >= 0.6 is 0 Å². The molecule has 9 nitrogen and oxygen atoms in total. The van der Waals surface area contributed by atoms with Gasteiger partial charge >= 0.3 is 12.0 Å². The highest BCUT2D eigenvalue weighted by molar-refractivity contribution is 6.31. The number of ether oxygens (including phenoxy) is 3. The number of hydrogen-bond acceptors (Lipinski definition) is 7. The van der Waals surface area contributed by atoms with E-state index in [2.05, 4.69) is 5.32 Å². The predicted octanol–water partition coefficient (Wildman–Crippen LogP) is 3.57. The van der Waals surface area contributed by atoms with Gasteiger partial charge < -0.3 is 14.2 Å². The first-order valence-electron chi connectivity index (χ1n) is 11.8. The maximum atomic E-state index is 13.2. The molecule has 186 valence electrons. The Kier molecular flexibility index (Phi) is 6.22. The minimum absolute atomic E-state index is 0.123. The van der Waals surface area contributed by atoms with Gasteiger partial charge in [-0.15, -0.1) is 0 Å². The molecule has 2 aromatic carbocycles. The Morgan fingerprint density at radius 3 is 2.39 bits per heavy atom. The SMILES string of the molecule is COc1ccc(C(=O)Oc2ccc(/C=C3\C(=O)NC(=O)N([C@H]4C[C@H]5CC[C@H]4C5)C3=O)cc2OC)cc1. The molecule has 2 aromatic rings. The van der Waals surface area contributed by atoms with Crippen LogP contribution in [-0.4, -0.2) is 49.0 Å². The molecule has 5 rings (SSSR count). The normalized spacial score (nSPS) is 24.2.